The molecule has 1 saturated heterocycles. The minimum Gasteiger partial charge on any atom is -0.465 e. The third kappa shape index (κ3) is 6.36. The van der Waals surface area contributed by atoms with E-state index in [-0.39, 0.29) is 61.4 Å². The van der Waals surface area contributed by atoms with Crippen LogP contribution < -0.4 is 5.32 Å². The molecule has 37 heavy (non-hydrogen) atoms. The van der Waals surface area contributed by atoms with Crippen LogP contribution >= 0.6 is 0 Å². The van der Waals surface area contributed by atoms with Gasteiger partial charge in [-0.1, -0.05) is 37.3 Å². The first-order valence-corrected chi connectivity index (χ1v) is 12.1. The van der Waals surface area contributed by atoms with Gasteiger partial charge in [-0.25, -0.2) is 14.8 Å². The molecule has 0 radical (unpaired) electrons. The number of nitrogens with one attached hydrogen (secondary N) is 1. The number of carbonyl (C=O) groups is 3. The molecule has 1 aromatic carbocycles. The van der Waals surface area contributed by atoms with Crippen molar-refractivity contribution in [2.75, 3.05) is 19.6 Å². The number of hydrogen-bond acceptors (Lipinski definition) is 5. The predicted octanol–water partition coefficient (Wildman–Crippen LogP) is 3.33. The summed E-state index contributed by atoms with van der Waals surface area (Å²) in [4.78, 5) is 47.9. The minimum atomic E-state index is -4.68. The number of hydrogen-bond donors (Lipinski definition) is 2. The van der Waals surface area contributed by atoms with Crippen LogP contribution in [0.4, 0.5) is 18.0 Å². The second kappa shape index (κ2) is 10.7. The molecule has 2 N–H and O–H groups in total. The van der Waals surface area contributed by atoms with Crippen LogP contribution in [0.3, 0.4) is 0 Å². The smallest absolute Gasteiger partial charge is 0.433 e. The molecular formula is C25H28F3N5O4. The molecule has 0 unspecified atom stereocenters. The van der Waals surface area contributed by atoms with Crippen LogP contribution in [0.5, 0.6) is 0 Å². The number of carbonyl (C=O) groups excluding carboxylic acids is 2. The van der Waals surface area contributed by atoms with Crippen molar-refractivity contribution in [2.45, 2.75) is 51.4 Å². The van der Waals surface area contributed by atoms with E-state index in [1.54, 1.807) is 35.2 Å². The highest BCUT2D eigenvalue weighted by atomic mass is 19.4. The molecule has 2 aliphatic heterocycles. The fourth-order valence-corrected chi connectivity index (χ4v) is 4.81. The number of rotatable bonds is 6. The number of likely N-dealkylation sites (tertiary alicyclic amines) is 1. The first kappa shape index (κ1) is 26.4. The van der Waals surface area contributed by atoms with Gasteiger partial charge in [0.05, 0.1) is 18.3 Å². The van der Waals surface area contributed by atoms with Gasteiger partial charge >= 0.3 is 12.3 Å². The number of piperidine rings is 1. The zero-order valence-corrected chi connectivity index (χ0v) is 20.3. The fraction of sp³-hybridized carbons (Fsp3) is 0.480. The SMILES string of the molecule is C[C@@H]1CCC(=O)N(C[C@H](CC(=O)N2CCc3c(nc(-c4ccccc4)nc3C(F)(F)F)C2)NC(=O)O)C1. The van der Waals surface area contributed by atoms with Gasteiger partial charge in [-0.3, -0.25) is 9.59 Å². The van der Waals surface area contributed by atoms with Crippen LogP contribution in [0, 0.1) is 5.92 Å². The van der Waals surface area contributed by atoms with Gasteiger partial charge < -0.3 is 20.2 Å². The Morgan fingerprint density at radius 2 is 1.92 bits per heavy atom. The zero-order chi connectivity index (χ0) is 26.7. The number of aromatic nitrogens is 2. The van der Waals surface area contributed by atoms with Gasteiger partial charge in [-0.05, 0) is 18.8 Å². The summed E-state index contributed by atoms with van der Waals surface area (Å²) >= 11 is 0. The number of halogens is 3. The first-order chi connectivity index (χ1) is 17.5. The maximum absolute atomic E-state index is 13.8. The van der Waals surface area contributed by atoms with Crippen LogP contribution in [0.1, 0.15) is 43.1 Å². The molecule has 12 heteroatoms. The maximum Gasteiger partial charge on any atom is 0.433 e. The van der Waals surface area contributed by atoms with E-state index in [2.05, 4.69) is 15.3 Å². The van der Waals surface area contributed by atoms with Crippen LogP contribution in [0.2, 0.25) is 0 Å². The number of amides is 3. The summed E-state index contributed by atoms with van der Waals surface area (Å²) in [6.07, 6.45) is -5.20. The standard InChI is InChI=1S/C25H28F3N5O4/c1-15-7-8-20(34)33(12-15)13-17(29-24(36)37)11-21(35)32-10-9-18-19(14-32)30-23(16-5-3-2-4-6-16)31-22(18)25(26,27)28/h2-6,15,17,29H,7-14H2,1H3,(H,36,37)/t15-,17+/m1/s1. The third-order valence-electron chi connectivity index (χ3n) is 6.64. The molecule has 2 aliphatic rings. The topological polar surface area (TPSA) is 116 Å². The summed E-state index contributed by atoms with van der Waals surface area (Å²) in [5.41, 5.74) is -0.509. The summed E-state index contributed by atoms with van der Waals surface area (Å²) in [5.74, 6) is -0.349. The molecule has 1 aromatic heterocycles. The van der Waals surface area contributed by atoms with E-state index in [9.17, 15) is 32.7 Å². The Kier molecular flexibility index (Phi) is 7.65. The largest absolute Gasteiger partial charge is 0.465 e. The molecule has 2 atom stereocenters. The minimum absolute atomic E-state index is 0.0163. The van der Waals surface area contributed by atoms with Crippen molar-refractivity contribution in [3.63, 3.8) is 0 Å². The Morgan fingerprint density at radius 1 is 1.19 bits per heavy atom. The third-order valence-corrected chi connectivity index (χ3v) is 6.64. The fourth-order valence-electron chi connectivity index (χ4n) is 4.81. The lowest BCUT2D eigenvalue weighted by Crippen LogP contribution is -2.50. The van der Waals surface area contributed by atoms with Gasteiger partial charge in [0.25, 0.3) is 0 Å². The van der Waals surface area contributed by atoms with Crippen molar-refractivity contribution < 1.29 is 32.7 Å². The average molecular weight is 520 g/mol. The highest BCUT2D eigenvalue weighted by Gasteiger charge is 2.39. The molecular weight excluding hydrogens is 491 g/mol. The molecule has 1 fully saturated rings. The summed E-state index contributed by atoms with van der Waals surface area (Å²) in [7, 11) is 0. The monoisotopic (exact) mass is 519 g/mol. The van der Waals surface area contributed by atoms with Gasteiger partial charge in [-0.15, -0.1) is 0 Å². The number of carboxylic acid groups (broad SMARTS) is 1. The number of benzene rings is 1. The Balaban J connectivity index is 1.54. The van der Waals surface area contributed by atoms with Crippen molar-refractivity contribution >= 4 is 17.9 Å². The molecule has 3 amide bonds. The van der Waals surface area contributed by atoms with E-state index in [0.717, 1.165) is 6.42 Å². The highest BCUT2D eigenvalue weighted by molar-refractivity contribution is 5.79. The van der Waals surface area contributed by atoms with Gasteiger partial charge in [0.1, 0.15) is 0 Å². The summed E-state index contributed by atoms with van der Waals surface area (Å²) < 4.78 is 41.5. The molecule has 9 nitrogen and oxygen atoms in total. The van der Waals surface area contributed by atoms with Gasteiger partial charge in [0.15, 0.2) is 11.5 Å². The number of nitrogens with zero attached hydrogens (tertiary/aromatic N) is 4. The summed E-state index contributed by atoms with van der Waals surface area (Å²) in [6.45, 7) is 2.38. The molecule has 0 bridgehead atoms. The quantitative estimate of drug-likeness (QED) is 0.605. The van der Waals surface area contributed by atoms with E-state index in [0.29, 0.717) is 18.5 Å². The molecule has 0 saturated carbocycles. The Bertz CT molecular complexity index is 1170. The van der Waals surface area contributed by atoms with Gasteiger partial charge in [0.2, 0.25) is 11.8 Å². The Hall–Kier alpha value is -3.70. The Labute approximate surface area is 211 Å². The number of fused-ring (bicyclic) bond motifs is 1. The maximum atomic E-state index is 13.8. The lowest BCUT2D eigenvalue weighted by Gasteiger charge is -2.35. The van der Waals surface area contributed by atoms with Crippen molar-refractivity contribution in [1.82, 2.24) is 25.1 Å². The molecule has 0 aliphatic carbocycles. The molecule has 4 rings (SSSR count). The van der Waals surface area contributed by atoms with Crippen molar-refractivity contribution in [2.24, 2.45) is 5.92 Å². The predicted molar refractivity (Wildman–Crippen MR) is 126 cm³/mol. The van der Waals surface area contributed by atoms with E-state index in [4.69, 9.17) is 0 Å². The molecule has 2 aromatic rings. The summed E-state index contributed by atoms with van der Waals surface area (Å²) in [6, 6.07) is 7.44. The second-order valence-corrected chi connectivity index (χ2v) is 9.54. The lowest BCUT2D eigenvalue weighted by atomic mass is 9.98. The number of alkyl halides is 3. The van der Waals surface area contributed by atoms with Gasteiger partial charge in [-0.2, -0.15) is 13.2 Å². The lowest BCUT2D eigenvalue weighted by molar-refractivity contribution is -0.142. The van der Waals surface area contributed by atoms with Crippen LogP contribution in [-0.2, 0) is 28.7 Å². The van der Waals surface area contributed by atoms with Crippen molar-refractivity contribution in [3.8, 4) is 11.4 Å². The van der Waals surface area contributed by atoms with Gasteiger partial charge in [0, 0.05) is 43.6 Å². The van der Waals surface area contributed by atoms with Crippen LogP contribution in [0.25, 0.3) is 11.4 Å². The van der Waals surface area contributed by atoms with E-state index in [1.807, 2.05) is 6.92 Å². The normalized spacial score (nSPS) is 18.8. The summed E-state index contributed by atoms with van der Waals surface area (Å²) in [5, 5.41) is 11.6. The second-order valence-electron chi connectivity index (χ2n) is 9.54. The zero-order valence-electron chi connectivity index (χ0n) is 20.3. The highest BCUT2D eigenvalue weighted by Crippen LogP contribution is 2.35. The first-order valence-electron chi connectivity index (χ1n) is 12.1. The Morgan fingerprint density at radius 3 is 2.59 bits per heavy atom. The van der Waals surface area contributed by atoms with Crippen LogP contribution in [-0.4, -0.2) is 68.5 Å². The van der Waals surface area contributed by atoms with E-state index < -0.39 is 29.9 Å². The molecule has 3 heterocycles. The van der Waals surface area contributed by atoms with Crippen molar-refractivity contribution in [1.29, 1.82) is 0 Å². The van der Waals surface area contributed by atoms with Crippen LogP contribution in [0.15, 0.2) is 30.3 Å². The van der Waals surface area contributed by atoms with E-state index >= 15 is 0 Å². The molecule has 0 spiro atoms. The van der Waals surface area contributed by atoms with Crippen molar-refractivity contribution in [3.05, 3.63) is 47.3 Å². The average Bonchev–Trinajstić information content (AvgIpc) is 2.84. The van der Waals surface area contributed by atoms with E-state index in [1.165, 1.54) is 4.90 Å². The molecule has 198 valence electrons.